The lowest BCUT2D eigenvalue weighted by Crippen LogP contribution is -2.50. The molecule has 39 heavy (non-hydrogen) atoms. The maximum absolute atomic E-state index is 14.6. The van der Waals surface area contributed by atoms with Gasteiger partial charge in [-0.25, -0.2) is 14.1 Å². The molecule has 0 radical (unpaired) electrons. The van der Waals surface area contributed by atoms with Gasteiger partial charge in [0.2, 0.25) is 5.91 Å². The Labute approximate surface area is 240 Å². The van der Waals surface area contributed by atoms with Crippen molar-refractivity contribution in [3.8, 4) is 5.75 Å². The summed E-state index contributed by atoms with van der Waals surface area (Å²) in [6.45, 7) is 5.10. The van der Waals surface area contributed by atoms with Crippen molar-refractivity contribution in [2.24, 2.45) is 0 Å². The predicted molar refractivity (Wildman–Crippen MR) is 153 cm³/mol. The molecule has 3 aromatic carbocycles. The van der Waals surface area contributed by atoms with Crippen LogP contribution in [0.25, 0.3) is 0 Å². The van der Waals surface area contributed by atoms with Crippen LogP contribution in [0.2, 0.25) is 0 Å². The van der Waals surface area contributed by atoms with E-state index in [1.54, 1.807) is 37.3 Å². The maximum Gasteiger partial charge on any atom is 0.325 e. The number of anilines is 1. The molecular weight excluding hydrogens is 616 g/mol. The average molecular weight is 645 g/mol. The molecule has 4 amide bonds. The summed E-state index contributed by atoms with van der Waals surface area (Å²) in [5, 5.41) is 5.27. The van der Waals surface area contributed by atoms with Crippen LogP contribution in [0.1, 0.15) is 36.9 Å². The van der Waals surface area contributed by atoms with Gasteiger partial charge in [0, 0.05) is 16.1 Å². The second-order valence-corrected chi connectivity index (χ2v) is 10.2. The van der Waals surface area contributed by atoms with Gasteiger partial charge in [0.05, 0.1) is 12.3 Å². The summed E-state index contributed by atoms with van der Waals surface area (Å²) in [6, 6.07) is 17.4. The number of nitrogens with zero attached hydrogens (tertiary/aromatic N) is 1. The smallest absolute Gasteiger partial charge is 0.325 e. The van der Waals surface area contributed by atoms with Gasteiger partial charge in [-0.05, 0) is 71.0 Å². The lowest BCUT2D eigenvalue weighted by atomic mass is 9.91. The van der Waals surface area contributed by atoms with E-state index in [0.29, 0.717) is 34.7 Å². The van der Waals surface area contributed by atoms with Crippen molar-refractivity contribution in [3.05, 3.63) is 93.3 Å². The molecule has 0 spiro atoms. The molecule has 10 heteroatoms. The van der Waals surface area contributed by atoms with Gasteiger partial charge in [0.1, 0.15) is 30.3 Å². The molecule has 0 unspecified atom stereocenters. The monoisotopic (exact) mass is 645 g/mol. The lowest BCUT2D eigenvalue weighted by molar-refractivity contribution is -0.134. The summed E-state index contributed by atoms with van der Waals surface area (Å²) in [5.74, 6) is -1.83. The van der Waals surface area contributed by atoms with Crippen LogP contribution in [0.15, 0.2) is 72.8 Å². The van der Waals surface area contributed by atoms with Crippen molar-refractivity contribution < 1.29 is 28.2 Å². The normalized spacial score (nSPS) is 16.5. The van der Waals surface area contributed by atoms with Crippen molar-refractivity contribution >= 4 is 46.1 Å². The van der Waals surface area contributed by atoms with Gasteiger partial charge in [-0.2, -0.15) is 0 Å². The molecule has 3 aromatic rings. The Bertz CT molecular complexity index is 1320. The molecule has 2 N–H and O–H groups in total. The van der Waals surface area contributed by atoms with E-state index in [-0.39, 0.29) is 5.69 Å². The van der Waals surface area contributed by atoms with Crippen molar-refractivity contribution in [2.45, 2.75) is 31.8 Å². The average Bonchev–Trinajstić information content (AvgIpc) is 3.22. The number of carbonyl (C=O) groups excluding carboxylic acids is 3. The first kappa shape index (κ1) is 28.5. The number of urea groups is 1. The molecular formula is C29H29FIN3O5. The van der Waals surface area contributed by atoms with E-state index in [1.807, 2.05) is 59.8 Å². The Balaban J connectivity index is 1.59. The predicted octanol–water partition coefficient (Wildman–Crippen LogP) is 5.25. The highest BCUT2D eigenvalue weighted by Crippen LogP contribution is 2.32. The van der Waals surface area contributed by atoms with E-state index in [4.69, 9.17) is 9.47 Å². The fraction of sp³-hybridized carbons (Fsp3) is 0.276. The molecule has 1 aliphatic heterocycles. The van der Waals surface area contributed by atoms with E-state index >= 15 is 0 Å². The number of amides is 4. The number of benzene rings is 3. The molecule has 1 fully saturated rings. The van der Waals surface area contributed by atoms with Gasteiger partial charge >= 0.3 is 6.03 Å². The number of halogens is 2. The SMILES string of the molecule is CCOCCOc1ccc([C@H]2NC(=O)N([C@H](C(=O)Nc3ccc(I)cc3F)[C@@H](C)c3ccccc3)C2=O)cc1. The van der Waals surface area contributed by atoms with Crippen LogP contribution in [0.4, 0.5) is 14.9 Å². The largest absolute Gasteiger partial charge is 0.491 e. The summed E-state index contributed by atoms with van der Waals surface area (Å²) in [6.07, 6.45) is 0. The first-order chi connectivity index (χ1) is 18.8. The first-order valence-corrected chi connectivity index (χ1v) is 13.6. The van der Waals surface area contributed by atoms with Crippen molar-refractivity contribution in [1.29, 1.82) is 0 Å². The van der Waals surface area contributed by atoms with Crippen molar-refractivity contribution in [1.82, 2.24) is 10.2 Å². The molecule has 0 bridgehead atoms. The molecule has 1 heterocycles. The van der Waals surface area contributed by atoms with Crippen LogP contribution in [0, 0.1) is 9.39 Å². The minimum Gasteiger partial charge on any atom is -0.491 e. The molecule has 0 aromatic heterocycles. The third kappa shape index (κ3) is 6.74. The van der Waals surface area contributed by atoms with Crippen molar-refractivity contribution in [3.63, 3.8) is 0 Å². The van der Waals surface area contributed by atoms with Gasteiger partial charge in [0.15, 0.2) is 0 Å². The first-order valence-electron chi connectivity index (χ1n) is 12.5. The third-order valence-corrected chi connectivity index (χ3v) is 7.09. The second-order valence-electron chi connectivity index (χ2n) is 8.96. The summed E-state index contributed by atoms with van der Waals surface area (Å²) in [5.41, 5.74) is 1.26. The Morgan fingerprint density at radius 2 is 1.79 bits per heavy atom. The summed E-state index contributed by atoms with van der Waals surface area (Å²) in [7, 11) is 0. The number of rotatable bonds is 11. The Morgan fingerprint density at radius 1 is 1.08 bits per heavy atom. The van der Waals surface area contributed by atoms with Crippen LogP contribution in [-0.4, -0.2) is 48.6 Å². The van der Waals surface area contributed by atoms with E-state index in [1.165, 1.54) is 12.1 Å². The molecule has 0 aliphatic carbocycles. The molecule has 8 nitrogen and oxygen atoms in total. The Kier molecular flexibility index (Phi) is 9.52. The van der Waals surface area contributed by atoms with E-state index in [9.17, 15) is 18.8 Å². The Hall–Kier alpha value is -3.51. The maximum atomic E-state index is 14.6. The van der Waals surface area contributed by atoms with Crippen LogP contribution >= 0.6 is 22.6 Å². The molecule has 3 atom stereocenters. The van der Waals surface area contributed by atoms with Crippen LogP contribution < -0.4 is 15.4 Å². The zero-order chi connectivity index (χ0) is 27.9. The molecule has 1 saturated heterocycles. The highest BCUT2D eigenvalue weighted by molar-refractivity contribution is 14.1. The number of ether oxygens (including phenoxy) is 2. The standard InChI is InChI=1S/C29H29FIN3O5/c1-3-38-15-16-39-22-12-9-20(10-13-22)25-28(36)34(29(37)33-25)26(18(2)19-7-5-4-6-8-19)27(35)32-24-14-11-21(31)17-23(24)30/h4-14,17-18,25-26H,3,15-16H2,1-2H3,(H,32,35)(H,33,37)/t18-,25+,26-/m0/s1. The fourth-order valence-corrected chi connectivity index (χ4v) is 4.86. The van der Waals surface area contributed by atoms with E-state index in [0.717, 1.165) is 10.5 Å². The summed E-state index contributed by atoms with van der Waals surface area (Å²) in [4.78, 5) is 41.4. The van der Waals surface area contributed by atoms with Crippen molar-refractivity contribution in [2.75, 3.05) is 25.1 Å². The Morgan fingerprint density at radius 3 is 2.46 bits per heavy atom. The van der Waals surface area contributed by atoms with E-state index < -0.39 is 41.7 Å². The fourth-order valence-electron chi connectivity index (χ4n) is 4.41. The van der Waals surface area contributed by atoms with E-state index in [2.05, 4.69) is 10.6 Å². The van der Waals surface area contributed by atoms with Gasteiger partial charge in [-0.15, -0.1) is 0 Å². The minimum atomic E-state index is -1.23. The highest BCUT2D eigenvalue weighted by atomic mass is 127. The number of hydrogen-bond acceptors (Lipinski definition) is 5. The van der Waals surface area contributed by atoms with Gasteiger partial charge in [-0.3, -0.25) is 9.59 Å². The number of hydrogen-bond donors (Lipinski definition) is 2. The van der Waals surface area contributed by atoms with Crippen LogP contribution in [-0.2, 0) is 14.3 Å². The number of carbonyl (C=O) groups is 3. The van der Waals surface area contributed by atoms with Crippen LogP contribution in [0.5, 0.6) is 5.75 Å². The summed E-state index contributed by atoms with van der Waals surface area (Å²) < 4.78 is 26.1. The number of imide groups is 1. The zero-order valence-corrected chi connectivity index (χ0v) is 23.7. The quantitative estimate of drug-likeness (QED) is 0.169. The highest BCUT2D eigenvalue weighted by Gasteiger charge is 2.47. The van der Waals surface area contributed by atoms with Crippen LogP contribution in [0.3, 0.4) is 0 Å². The summed E-state index contributed by atoms with van der Waals surface area (Å²) >= 11 is 1.97. The third-order valence-electron chi connectivity index (χ3n) is 6.42. The molecule has 0 saturated carbocycles. The second kappa shape index (κ2) is 13.0. The molecule has 204 valence electrons. The van der Waals surface area contributed by atoms with Gasteiger partial charge < -0.3 is 20.1 Å². The topological polar surface area (TPSA) is 97.0 Å². The van der Waals surface area contributed by atoms with Gasteiger partial charge in [-0.1, -0.05) is 49.4 Å². The lowest BCUT2D eigenvalue weighted by Gasteiger charge is -2.30. The van der Waals surface area contributed by atoms with Gasteiger partial charge in [0.25, 0.3) is 5.91 Å². The number of nitrogens with one attached hydrogen (secondary N) is 2. The molecule has 4 rings (SSSR count). The molecule has 1 aliphatic rings. The zero-order valence-electron chi connectivity index (χ0n) is 21.5. The minimum absolute atomic E-state index is 0.0331.